The van der Waals surface area contributed by atoms with E-state index in [4.69, 9.17) is 9.84 Å². The average Bonchev–Trinajstić information content (AvgIpc) is 2.16. The molecule has 0 aliphatic heterocycles. The van der Waals surface area contributed by atoms with Crippen molar-refractivity contribution in [2.24, 2.45) is 0 Å². The maximum absolute atomic E-state index is 9.51. The van der Waals surface area contributed by atoms with Crippen molar-refractivity contribution in [2.75, 3.05) is 13.7 Å². The van der Waals surface area contributed by atoms with Gasteiger partial charge in [-0.2, -0.15) is 0 Å². The number of aliphatic hydroxyl groups is 1. The number of hydrogen-bond acceptors (Lipinski definition) is 3. The van der Waals surface area contributed by atoms with E-state index >= 15 is 0 Å². The molecule has 2 N–H and O–H groups in total. The number of methoxy groups -OCH3 is 1. The van der Waals surface area contributed by atoms with E-state index in [0.29, 0.717) is 11.3 Å². The standard InChI is InChI=1S/C10H10O3/c1-13-9-6-2-4-8(10(9)12)5-3-7-11/h2,4,6,11-12H,7H2,1H3. The molecule has 1 aromatic carbocycles. The molecule has 0 heterocycles. The fourth-order valence-corrected chi connectivity index (χ4v) is 0.923. The Labute approximate surface area is 76.6 Å². The largest absolute Gasteiger partial charge is 0.503 e. The van der Waals surface area contributed by atoms with Crippen molar-refractivity contribution < 1.29 is 14.9 Å². The quantitative estimate of drug-likeness (QED) is 0.624. The predicted octanol–water partition coefficient (Wildman–Crippen LogP) is 0.745. The minimum atomic E-state index is -0.226. The van der Waals surface area contributed by atoms with Crippen molar-refractivity contribution in [3.05, 3.63) is 23.8 Å². The number of aromatic hydroxyl groups is 1. The summed E-state index contributed by atoms with van der Waals surface area (Å²) < 4.78 is 4.89. The molecule has 0 aliphatic carbocycles. The lowest BCUT2D eigenvalue weighted by Gasteiger charge is -2.03. The molecule has 0 saturated carbocycles. The number of rotatable bonds is 1. The normalized spacial score (nSPS) is 8.77. The molecule has 0 aromatic heterocycles. The molecule has 0 aliphatic rings. The van der Waals surface area contributed by atoms with Gasteiger partial charge in [-0.3, -0.25) is 0 Å². The van der Waals surface area contributed by atoms with Gasteiger partial charge in [0.2, 0.25) is 0 Å². The molecular formula is C10H10O3. The molecule has 0 unspecified atom stereocenters. The molecule has 1 rings (SSSR count). The highest BCUT2D eigenvalue weighted by Gasteiger charge is 2.03. The monoisotopic (exact) mass is 178 g/mol. The Balaban J connectivity index is 3.08. The van der Waals surface area contributed by atoms with Crippen LogP contribution in [0.4, 0.5) is 0 Å². The number of aliphatic hydroxyl groups excluding tert-OH is 1. The highest BCUT2D eigenvalue weighted by atomic mass is 16.5. The van der Waals surface area contributed by atoms with Crippen LogP contribution in [-0.2, 0) is 0 Å². The second kappa shape index (κ2) is 4.39. The minimum Gasteiger partial charge on any atom is -0.503 e. The van der Waals surface area contributed by atoms with Crippen LogP contribution >= 0.6 is 0 Å². The molecule has 3 nitrogen and oxygen atoms in total. The molecule has 68 valence electrons. The Morgan fingerprint density at radius 3 is 2.85 bits per heavy atom. The Bertz CT molecular complexity index is 347. The average molecular weight is 178 g/mol. The van der Waals surface area contributed by atoms with E-state index in [2.05, 4.69) is 11.8 Å². The summed E-state index contributed by atoms with van der Waals surface area (Å²) in [5.74, 6) is 5.44. The van der Waals surface area contributed by atoms with Crippen molar-refractivity contribution >= 4 is 0 Å². The van der Waals surface area contributed by atoms with Gasteiger partial charge >= 0.3 is 0 Å². The van der Waals surface area contributed by atoms with Gasteiger partial charge in [0.25, 0.3) is 0 Å². The number of para-hydroxylation sites is 1. The highest BCUT2D eigenvalue weighted by Crippen LogP contribution is 2.28. The summed E-state index contributed by atoms with van der Waals surface area (Å²) in [4.78, 5) is 0. The number of benzene rings is 1. The lowest BCUT2D eigenvalue weighted by molar-refractivity contribution is 0.350. The Morgan fingerprint density at radius 2 is 2.23 bits per heavy atom. The van der Waals surface area contributed by atoms with E-state index in [-0.39, 0.29) is 12.4 Å². The first-order chi connectivity index (χ1) is 6.29. The van der Waals surface area contributed by atoms with Gasteiger partial charge < -0.3 is 14.9 Å². The topological polar surface area (TPSA) is 49.7 Å². The Morgan fingerprint density at radius 1 is 1.46 bits per heavy atom. The fourth-order valence-electron chi connectivity index (χ4n) is 0.923. The van der Waals surface area contributed by atoms with E-state index in [1.54, 1.807) is 18.2 Å². The third-order valence-corrected chi connectivity index (χ3v) is 1.52. The maximum atomic E-state index is 9.51. The molecule has 1 aromatic rings. The zero-order chi connectivity index (χ0) is 9.68. The smallest absolute Gasteiger partial charge is 0.173 e. The second-order valence-corrected chi connectivity index (χ2v) is 2.32. The molecule has 0 atom stereocenters. The number of hydrogen-bond donors (Lipinski definition) is 2. The van der Waals surface area contributed by atoms with Crippen LogP contribution in [0.5, 0.6) is 11.5 Å². The summed E-state index contributed by atoms with van der Waals surface area (Å²) >= 11 is 0. The van der Waals surface area contributed by atoms with Crippen LogP contribution in [0, 0.1) is 11.8 Å². The van der Waals surface area contributed by atoms with Gasteiger partial charge in [0, 0.05) is 0 Å². The lowest BCUT2D eigenvalue weighted by Crippen LogP contribution is -1.85. The van der Waals surface area contributed by atoms with Crippen LogP contribution in [0.3, 0.4) is 0 Å². The summed E-state index contributed by atoms with van der Waals surface area (Å²) in [5.41, 5.74) is 0.452. The number of ether oxygens (including phenoxy) is 1. The van der Waals surface area contributed by atoms with E-state index in [1.165, 1.54) is 7.11 Å². The molecular weight excluding hydrogens is 168 g/mol. The number of phenols is 1. The zero-order valence-corrected chi connectivity index (χ0v) is 7.24. The molecule has 0 spiro atoms. The van der Waals surface area contributed by atoms with Crippen LogP contribution in [-0.4, -0.2) is 23.9 Å². The van der Waals surface area contributed by atoms with Gasteiger partial charge in [-0.05, 0) is 12.1 Å². The van der Waals surface area contributed by atoms with Crippen LogP contribution in [0.2, 0.25) is 0 Å². The van der Waals surface area contributed by atoms with Crippen molar-refractivity contribution in [2.45, 2.75) is 0 Å². The van der Waals surface area contributed by atoms with Gasteiger partial charge in [-0.15, -0.1) is 0 Å². The van der Waals surface area contributed by atoms with Gasteiger partial charge in [0.15, 0.2) is 11.5 Å². The first kappa shape index (κ1) is 9.43. The molecule has 0 amide bonds. The molecule has 0 saturated heterocycles. The fraction of sp³-hybridized carbons (Fsp3) is 0.200. The van der Waals surface area contributed by atoms with E-state index in [9.17, 15) is 5.11 Å². The highest BCUT2D eigenvalue weighted by molar-refractivity contribution is 5.53. The summed E-state index contributed by atoms with van der Waals surface area (Å²) in [6.45, 7) is -0.226. The van der Waals surface area contributed by atoms with Crippen molar-refractivity contribution in [3.63, 3.8) is 0 Å². The van der Waals surface area contributed by atoms with Crippen LogP contribution < -0.4 is 4.74 Å². The van der Waals surface area contributed by atoms with Crippen LogP contribution in [0.1, 0.15) is 5.56 Å². The number of phenolic OH excluding ortho intramolecular Hbond substituents is 1. The molecule has 0 fully saturated rings. The summed E-state index contributed by atoms with van der Waals surface area (Å²) in [6, 6.07) is 5.01. The molecule has 3 heteroatoms. The van der Waals surface area contributed by atoms with Gasteiger partial charge in [-0.1, -0.05) is 17.9 Å². The van der Waals surface area contributed by atoms with E-state index < -0.39 is 0 Å². The third kappa shape index (κ3) is 2.14. The maximum Gasteiger partial charge on any atom is 0.173 e. The van der Waals surface area contributed by atoms with Gasteiger partial charge in [0.05, 0.1) is 12.7 Å². The third-order valence-electron chi connectivity index (χ3n) is 1.52. The van der Waals surface area contributed by atoms with Gasteiger partial charge in [0.1, 0.15) is 6.61 Å². The summed E-state index contributed by atoms with van der Waals surface area (Å²) in [7, 11) is 1.47. The first-order valence-electron chi connectivity index (χ1n) is 3.75. The zero-order valence-electron chi connectivity index (χ0n) is 7.24. The van der Waals surface area contributed by atoms with Crippen LogP contribution in [0.15, 0.2) is 18.2 Å². The second-order valence-electron chi connectivity index (χ2n) is 2.32. The molecule has 0 bridgehead atoms. The predicted molar refractivity (Wildman–Crippen MR) is 48.6 cm³/mol. The van der Waals surface area contributed by atoms with Crippen molar-refractivity contribution in [3.8, 4) is 23.3 Å². The molecule has 13 heavy (non-hydrogen) atoms. The SMILES string of the molecule is COc1cccc(C#CCO)c1O. The Kier molecular flexibility index (Phi) is 3.18. The van der Waals surface area contributed by atoms with Crippen molar-refractivity contribution in [1.29, 1.82) is 0 Å². The van der Waals surface area contributed by atoms with Gasteiger partial charge in [-0.25, -0.2) is 0 Å². The first-order valence-corrected chi connectivity index (χ1v) is 3.75. The Hall–Kier alpha value is -1.66. The van der Waals surface area contributed by atoms with E-state index in [1.807, 2.05) is 0 Å². The molecule has 0 radical (unpaired) electrons. The lowest BCUT2D eigenvalue weighted by atomic mass is 10.2. The van der Waals surface area contributed by atoms with Crippen molar-refractivity contribution in [1.82, 2.24) is 0 Å². The summed E-state index contributed by atoms with van der Waals surface area (Å²) in [6.07, 6.45) is 0. The van der Waals surface area contributed by atoms with Crippen LogP contribution in [0.25, 0.3) is 0 Å². The van der Waals surface area contributed by atoms with E-state index in [0.717, 1.165) is 0 Å². The summed E-state index contributed by atoms with van der Waals surface area (Å²) in [5, 5.41) is 18.0. The minimum absolute atomic E-state index is 0.00551.